The highest BCUT2D eigenvalue weighted by Crippen LogP contribution is 2.30. The molecule has 1 aromatic heterocycles. The van der Waals surface area contributed by atoms with E-state index in [0.717, 1.165) is 19.4 Å². The number of benzene rings is 1. The Morgan fingerprint density at radius 1 is 1.33 bits per heavy atom. The summed E-state index contributed by atoms with van der Waals surface area (Å²) in [5.74, 6) is 0. The Bertz CT molecular complexity index is 471. The van der Waals surface area contributed by atoms with E-state index in [-0.39, 0.29) is 0 Å². The number of fused-ring (bicyclic) bond motifs is 1. The third-order valence-electron chi connectivity index (χ3n) is 2.97. The van der Waals surface area contributed by atoms with Gasteiger partial charge in [0.1, 0.15) is 0 Å². The van der Waals surface area contributed by atoms with Gasteiger partial charge in [-0.2, -0.15) is 0 Å². The largest absolute Gasteiger partial charge is 0.330 e. The summed E-state index contributed by atoms with van der Waals surface area (Å²) in [5.41, 5.74) is 9.93. The van der Waals surface area contributed by atoms with Crippen molar-refractivity contribution in [2.45, 2.75) is 26.7 Å². The number of hydrogen-bond acceptors (Lipinski definition) is 2. The molecule has 0 bridgehead atoms. The van der Waals surface area contributed by atoms with Crippen LogP contribution in [0.2, 0.25) is 0 Å². The molecule has 0 radical (unpaired) electrons. The Morgan fingerprint density at radius 2 is 2.13 bits per heavy atom. The molecule has 0 saturated heterocycles. The van der Waals surface area contributed by atoms with Crippen LogP contribution in [0.25, 0.3) is 10.1 Å². The van der Waals surface area contributed by atoms with Crippen molar-refractivity contribution < 1.29 is 0 Å². The molecule has 1 aromatic carbocycles. The molecule has 15 heavy (non-hydrogen) atoms. The molecule has 0 atom stereocenters. The molecule has 0 aliphatic carbocycles. The molecular weight excluding hydrogens is 202 g/mol. The minimum Gasteiger partial charge on any atom is -0.330 e. The SMILES string of the molecule is Cc1cc2ccsc2c(C)c1CCCN. The van der Waals surface area contributed by atoms with Gasteiger partial charge >= 0.3 is 0 Å². The molecule has 80 valence electrons. The highest BCUT2D eigenvalue weighted by molar-refractivity contribution is 7.17. The Kier molecular flexibility index (Phi) is 3.08. The van der Waals surface area contributed by atoms with Crippen LogP contribution in [0.3, 0.4) is 0 Å². The number of nitrogens with two attached hydrogens (primary N) is 1. The average molecular weight is 219 g/mol. The van der Waals surface area contributed by atoms with Gasteiger partial charge in [-0.25, -0.2) is 0 Å². The smallest absolute Gasteiger partial charge is 0.0374 e. The van der Waals surface area contributed by atoms with E-state index in [0.29, 0.717) is 0 Å². The van der Waals surface area contributed by atoms with Crippen molar-refractivity contribution in [1.82, 2.24) is 0 Å². The summed E-state index contributed by atoms with van der Waals surface area (Å²) in [6.45, 7) is 5.22. The molecule has 1 heterocycles. The van der Waals surface area contributed by atoms with Crippen LogP contribution < -0.4 is 5.73 Å². The van der Waals surface area contributed by atoms with E-state index in [1.807, 2.05) is 11.3 Å². The van der Waals surface area contributed by atoms with Crippen molar-refractivity contribution in [3.63, 3.8) is 0 Å². The van der Waals surface area contributed by atoms with Gasteiger partial charge in [0, 0.05) is 4.70 Å². The lowest BCUT2D eigenvalue weighted by atomic mass is 9.97. The van der Waals surface area contributed by atoms with E-state index in [1.165, 1.54) is 26.8 Å². The van der Waals surface area contributed by atoms with Crippen LogP contribution in [0.5, 0.6) is 0 Å². The maximum absolute atomic E-state index is 5.57. The van der Waals surface area contributed by atoms with Gasteiger partial charge in [-0.3, -0.25) is 0 Å². The number of hydrogen-bond donors (Lipinski definition) is 1. The summed E-state index contributed by atoms with van der Waals surface area (Å²) in [6.07, 6.45) is 2.20. The van der Waals surface area contributed by atoms with Gasteiger partial charge in [-0.15, -0.1) is 11.3 Å². The highest BCUT2D eigenvalue weighted by Gasteiger charge is 2.07. The first-order valence-corrected chi connectivity index (χ1v) is 6.28. The molecule has 0 aliphatic heterocycles. The van der Waals surface area contributed by atoms with Gasteiger partial charge in [0.25, 0.3) is 0 Å². The molecule has 2 aromatic rings. The van der Waals surface area contributed by atoms with Crippen molar-refractivity contribution in [3.05, 3.63) is 34.2 Å². The normalized spacial score (nSPS) is 11.1. The lowest BCUT2D eigenvalue weighted by Gasteiger charge is -2.10. The number of thiophene rings is 1. The fourth-order valence-corrected chi connectivity index (χ4v) is 3.07. The fourth-order valence-electron chi connectivity index (χ4n) is 2.15. The van der Waals surface area contributed by atoms with Gasteiger partial charge in [0.15, 0.2) is 0 Å². The van der Waals surface area contributed by atoms with Crippen LogP contribution in [0.15, 0.2) is 17.5 Å². The van der Waals surface area contributed by atoms with Crippen LogP contribution in [0.4, 0.5) is 0 Å². The van der Waals surface area contributed by atoms with E-state index >= 15 is 0 Å². The Balaban J connectivity index is 2.52. The number of aryl methyl sites for hydroxylation is 2. The first-order chi connectivity index (χ1) is 7.24. The van der Waals surface area contributed by atoms with Gasteiger partial charge < -0.3 is 5.73 Å². The standard InChI is InChI=1S/C13H17NS/c1-9-8-11-5-7-15-13(11)10(2)12(9)4-3-6-14/h5,7-8H,3-4,6,14H2,1-2H3. The zero-order valence-corrected chi connectivity index (χ0v) is 10.2. The van der Waals surface area contributed by atoms with Crippen molar-refractivity contribution >= 4 is 21.4 Å². The molecule has 2 rings (SSSR count). The van der Waals surface area contributed by atoms with Crippen molar-refractivity contribution in [2.24, 2.45) is 5.73 Å². The minimum atomic E-state index is 0.779. The van der Waals surface area contributed by atoms with Gasteiger partial charge in [0.2, 0.25) is 0 Å². The molecule has 2 heteroatoms. The molecule has 0 unspecified atom stereocenters. The quantitative estimate of drug-likeness (QED) is 0.841. The molecule has 0 aliphatic rings. The molecule has 1 nitrogen and oxygen atoms in total. The molecule has 0 spiro atoms. The van der Waals surface area contributed by atoms with Crippen molar-refractivity contribution in [2.75, 3.05) is 6.54 Å². The molecule has 0 saturated carbocycles. The van der Waals surface area contributed by atoms with Crippen LogP contribution in [-0.4, -0.2) is 6.54 Å². The van der Waals surface area contributed by atoms with Gasteiger partial charge in [-0.1, -0.05) is 6.07 Å². The molecule has 0 fully saturated rings. The van der Waals surface area contributed by atoms with Gasteiger partial charge in [0.05, 0.1) is 0 Å². The van der Waals surface area contributed by atoms with Crippen LogP contribution in [0.1, 0.15) is 23.1 Å². The topological polar surface area (TPSA) is 26.0 Å². The Hall–Kier alpha value is -0.860. The minimum absolute atomic E-state index is 0.779. The number of rotatable bonds is 3. The second kappa shape index (κ2) is 4.33. The van der Waals surface area contributed by atoms with E-state index < -0.39 is 0 Å². The first-order valence-electron chi connectivity index (χ1n) is 5.40. The Labute approximate surface area is 94.9 Å². The first kappa shape index (κ1) is 10.7. The van der Waals surface area contributed by atoms with Crippen LogP contribution in [-0.2, 0) is 6.42 Å². The summed E-state index contributed by atoms with van der Waals surface area (Å²) in [4.78, 5) is 0. The van der Waals surface area contributed by atoms with E-state index in [1.54, 1.807) is 0 Å². The van der Waals surface area contributed by atoms with Crippen molar-refractivity contribution in [3.8, 4) is 0 Å². The lowest BCUT2D eigenvalue weighted by Crippen LogP contribution is -2.02. The Morgan fingerprint density at radius 3 is 2.87 bits per heavy atom. The molecule has 2 N–H and O–H groups in total. The van der Waals surface area contributed by atoms with E-state index in [4.69, 9.17) is 5.73 Å². The van der Waals surface area contributed by atoms with Crippen LogP contribution >= 0.6 is 11.3 Å². The predicted molar refractivity (Wildman–Crippen MR) is 68.7 cm³/mol. The van der Waals surface area contributed by atoms with E-state index in [9.17, 15) is 0 Å². The molecular formula is C13H17NS. The predicted octanol–water partition coefficient (Wildman–Crippen LogP) is 3.41. The zero-order valence-electron chi connectivity index (χ0n) is 9.34. The van der Waals surface area contributed by atoms with Gasteiger partial charge in [-0.05, 0) is 66.8 Å². The average Bonchev–Trinajstić information content (AvgIpc) is 2.65. The zero-order chi connectivity index (χ0) is 10.8. The summed E-state index contributed by atoms with van der Waals surface area (Å²) in [6, 6.07) is 4.50. The highest BCUT2D eigenvalue weighted by atomic mass is 32.1. The molecule has 0 amide bonds. The van der Waals surface area contributed by atoms with E-state index in [2.05, 4.69) is 31.4 Å². The summed E-state index contributed by atoms with van der Waals surface area (Å²) in [5, 5.41) is 3.55. The summed E-state index contributed by atoms with van der Waals surface area (Å²) >= 11 is 1.84. The third-order valence-corrected chi connectivity index (χ3v) is 4.02. The second-order valence-electron chi connectivity index (χ2n) is 4.03. The third kappa shape index (κ3) is 1.92. The summed E-state index contributed by atoms with van der Waals surface area (Å²) in [7, 11) is 0. The summed E-state index contributed by atoms with van der Waals surface area (Å²) < 4.78 is 1.44. The lowest BCUT2D eigenvalue weighted by molar-refractivity contribution is 0.825. The monoisotopic (exact) mass is 219 g/mol. The van der Waals surface area contributed by atoms with Crippen LogP contribution in [0, 0.1) is 13.8 Å². The maximum Gasteiger partial charge on any atom is 0.0374 e. The maximum atomic E-state index is 5.57. The fraction of sp³-hybridized carbons (Fsp3) is 0.385. The second-order valence-corrected chi connectivity index (χ2v) is 4.94. The van der Waals surface area contributed by atoms with Crippen molar-refractivity contribution in [1.29, 1.82) is 0 Å².